The molecule has 1 unspecified atom stereocenters. The van der Waals surface area contributed by atoms with Crippen molar-refractivity contribution >= 4 is 11.8 Å². The van der Waals surface area contributed by atoms with Crippen LogP contribution in [0.15, 0.2) is 18.2 Å². The van der Waals surface area contributed by atoms with Crippen molar-refractivity contribution in [2.45, 2.75) is 13.0 Å². The summed E-state index contributed by atoms with van der Waals surface area (Å²) >= 11 is 0. The van der Waals surface area contributed by atoms with Gasteiger partial charge in [0.05, 0.1) is 7.11 Å². The van der Waals surface area contributed by atoms with Crippen LogP contribution in [0.1, 0.15) is 6.92 Å². The second-order valence-electron chi connectivity index (χ2n) is 4.63. The number of carboxylic acid groups (broad SMARTS) is 1. The van der Waals surface area contributed by atoms with Gasteiger partial charge in [0, 0.05) is 37.4 Å². The Hall–Kier alpha value is -2.11. The molecule has 1 amide bonds. The van der Waals surface area contributed by atoms with E-state index in [1.165, 1.54) is 12.0 Å². The number of carbonyl (C=O) groups is 1. The molecule has 0 aliphatic carbocycles. The summed E-state index contributed by atoms with van der Waals surface area (Å²) in [5, 5.41) is 18.6. The minimum Gasteiger partial charge on any atom is -0.504 e. The molecule has 2 N–H and O–H groups in total. The first kappa shape index (κ1) is 13.3. The molecule has 0 radical (unpaired) electrons. The quantitative estimate of drug-likeness (QED) is 0.850. The minimum atomic E-state index is -0.879. The zero-order valence-electron chi connectivity index (χ0n) is 11.0. The second kappa shape index (κ2) is 5.26. The highest BCUT2D eigenvalue weighted by Crippen LogP contribution is 2.31. The van der Waals surface area contributed by atoms with Gasteiger partial charge in [-0.1, -0.05) is 0 Å². The van der Waals surface area contributed by atoms with Crippen molar-refractivity contribution in [3.8, 4) is 11.5 Å². The third kappa shape index (κ3) is 2.67. The number of rotatable bonds is 2. The molecule has 1 atom stereocenters. The highest BCUT2D eigenvalue weighted by Gasteiger charge is 2.27. The first-order valence-electron chi connectivity index (χ1n) is 6.14. The number of ether oxygens (including phenoxy) is 1. The average Bonchev–Trinajstić information content (AvgIpc) is 2.38. The summed E-state index contributed by atoms with van der Waals surface area (Å²) in [5.74, 6) is 0.522. The normalized spacial score (nSPS) is 19.4. The molecule has 1 heterocycles. The van der Waals surface area contributed by atoms with Gasteiger partial charge in [0.1, 0.15) is 0 Å². The lowest BCUT2D eigenvalue weighted by Crippen LogP contribution is -2.53. The number of methoxy groups -OCH3 is 1. The molecule has 1 aromatic rings. The maximum absolute atomic E-state index is 11.0. The van der Waals surface area contributed by atoms with E-state index in [0.717, 1.165) is 5.69 Å². The maximum Gasteiger partial charge on any atom is 0.407 e. The summed E-state index contributed by atoms with van der Waals surface area (Å²) in [7, 11) is 1.50. The topological polar surface area (TPSA) is 73.2 Å². The second-order valence-corrected chi connectivity index (χ2v) is 4.63. The van der Waals surface area contributed by atoms with Gasteiger partial charge in [0.25, 0.3) is 0 Å². The number of aromatic hydroxyl groups is 1. The van der Waals surface area contributed by atoms with E-state index in [2.05, 4.69) is 4.90 Å². The lowest BCUT2D eigenvalue weighted by atomic mass is 10.1. The SMILES string of the molecule is COc1cc(N2CCN(C(=O)O)C(C)C2)ccc1O. The largest absolute Gasteiger partial charge is 0.504 e. The fraction of sp³-hybridized carbons (Fsp3) is 0.462. The molecule has 1 fully saturated rings. The number of piperazine rings is 1. The summed E-state index contributed by atoms with van der Waals surface area (Å²) in [6, 6.07) is 5.09. The Kier molecular flexibility index (Phi) is 3.69. The Morgan fingerprint density at radius 3 is 2.74 bits per heavy atom. The monoisotopic (exact) mass is 266 g/mol. The molecule has 2 rings (SSSR count). The van der Waals surface area contributed by atoms with Crippen LogP contribution in [0.5, 0.6) is 11.5 Å². The van der Waals surface area contributed by atoms with Gasteiger partial charge >= 0.3 is 6.09 Å². The zero-order valence-corrected chi connectivity index (χ0v) is 11.0. The van der Waals surface area contributed by atoms with Crippen molar-refractivity contribution < 1.29 is 19.7 Å². The molecule has 1 saturated heterocycles. The van der Waals surface area contributed by atoms with Gasteiger partial charge in [-0.2, -0.15) is 0 Å². The van der Waals surface area contributed by atoms with Gasteiger partial charge in [-0.3, -0.25) is 0 Å². The number of benzene rings is 1. The van der Waals surface area contributed by atoms with E-state index in [0.29, 0.717) is 25.4 Å². The van der Waals surface area contributed by atoms with Gasteiger partial charge in [0.15, 0.2) is 11.5 Å². The Balaban J connectivity index is 2.14. The Bertz CT molecular complexity index is 478. The summed E-state index contributed by atoms with van der Waals surface area (Å²) in [4.78, 5) is 14.5. The van der Waals surface area contributed by atoms with E-state index in [4.69, 9.17) is 9.84 Å². The van der Waals surface area contributed by atoms with Gasteiger partial charge in [-0.05, 0) is 19.1 Å². The number of hydrogen-bond donors (Lipinski definition) is 2. The van der Waals surface area contributed by atoms with Crippen LogP contribution < -0.4 is 9.64 Å². The molecule has 1 aliphatic heterocycles. The molecule has 6 heteroatoms. The number of hydrogen-bond acceptors (Lipinski definition) is 4. The first-order chi connectivity index (χ1) is 9.02. The smallest absolute Gasteiger partial charge is 0.407 e. The van der Waals surface area contributed by atoms with Crippen molar-refractivity contribution in [3.05, 3.63) is 18.2 Å². The van der Waals surface area contributed by atoms with Crippen LogP contribution in [-0.4, -0.2) is 54.0 Å². The van der Waals surface area contributed by atoms with Gasteiger partial charge in [-0.15, -0.1) is 0 Å². The summed E-state index contributed by atoms with van der Waals surface area (Å²) in [5.41, 5.74) is 0.923. The van der Waals surface area contributed by atoms with E-state index in [1.54, 1.807) is 18.2 Å². The molecule has 0 aromatic heterocycles. The van der Waals surface area contributed by atoms with Crippen LogP contribution in [0, 0.1) is 0 Å². The number of phenols is 1. The summed E-state index contributed by atoms with van der Waals surface area (Å²) < 4.78 is 5.08. The van der Waals surface area contributed by atoms with Crippen LogP contribution in [0.2, 0.25) is 0 Å². The van der Waals surface area contributed by atoms with E-state index in [9.17, 15) is 9.90 Å². The highest BCUT2D eigenvalue weighted by molar-refractivity contribution is 5.66. The third-order valence-electron chi connectivity index (χ3n) is 3.40. The first-order valence-corrected chi connectivity index (χ1v) is 6.14. The number of anilines is 1. The maximum atomic E-state index is 11.0. The minimum absolute atomic E-state index is 0.0638. The van der Waals surface area contributed by atoms with Crippen molar-refractivity contribution in [2.75, 3.05) is 31.6 Å². The van der Waals surface area contributed by atoms with Crippen molar-refractivity contribution in [1.29, 1.82) is 0 Å². The highest BCUT2D eigenvalue weighted by atomic mass is 16.5. The molecular formula is C13H18N2O4. The molecular weight excluding hydrogens is 248 g/mol. The fourth-order valence-electron chi connectivity index (χ4n) is 2.34. The molecule has 0 spiro atoms. The van der Waals surface area contributed by atoms with Gasteiger partial charge < -0.3 is 24.7 Å². The zero-order chi connectivity index (χ0) is 14.0. The average molecular weight is 266 g/mol. The predicted molar refractivity (Wildman–Crippen MR) is 71.1 cm³/mol. The van der Waals surface area contributed by atoms with E-state index < -0.39 is 6.09 Å². The van der Waals surface area contributed by atoms with Crippen LogP contribution in [0.3, 0.4) is 0 Å². The molecule has 1 aromatic carbocycles. The molecule has 104 valence electrons. The third-order valence-corrected chi connectivity index (χ3v) is 3.40. The Morgan fingerprint density at radius 2 is 2.16 bits per heavy atom. The van der Waals surface area contributed by atoms with Crippen LogP contribution in [0.4, 0.5) is 10.5 Å². The van der Waals surface area contributed by atoms with Gasteiger partial charge in [0.2, 0.25) is 0 Å². The molecule has 1 aliphatic rings. The predicted octanol–water partition coefficient (Wildman–Crippen LogP) is 1.59. The number of phenolic OH excluding ortho intramolecular Hbond substituents is 1. The standard InChI is InChI=1S/C13H18N2O4/c1-9-8-14(5-6-15(9)13(17)18)10-3-4-11(16)12(7-10)19-2/h3-4,7,9,16H,5-6,8H2,1-2H3,(H,17,18). The Morgan fingerprint density at radius 1 is 1.42 bits per heavy atom. The molecule has 6 nitrogen and oxygen atoms in total. The number of nitrogens with zero attached hydrogens (tertiary/aromatic N) is 2. The van der Waals surface area contributed by atoms with Crippen molar-refractivity contribution in [1.82, 2.24) is 4.90 Å². The van der Waals surface area contributed by atoms with Crippen LogP contribution >= 0.6 is 0 Å². The summed E-state index contributed by atoms with van der Waals surface area (Å²) in [6.07, 6.45) is -0.879. The van der Waals surface area contributed by atoms with E-state index in [-0.39, 0.29) is 11.8 Å². The van der Waals surface area contributed by atoms with E-state index >= 15 is 0 Å². The Labute approximate surface area is 111 Å². The lowest BCUT2D eigenvalue weighted by Gasteiger charge is -2.39. The van der Waals surface area contributed by atoms with E-state index in [1.807, 2.05) is 6.92 Å². The van der Waals surface area contributed by atoms with Crippen LogP contribution in [-0.2, 0) is 0 Å². The molecule has 0 bridgehead atoms. The van der Waals surface area contributed by atoms with Crippen molar-refractivity contribution in [3.63, 3.8) is 0 Å². The fourth-order valence-corrected chi connectivity index (χ4v) is 2.34. The van der Waals surface area contributed by atoms with Gasteiger partial charge in [-0.25, -0.2) is 4.79 Å². The lowest BCUT2D eigenvalue weighted by molar-refractivity contribution is 0.122. The molecule has 0 saturated carbocycles. The van der Waals surface area contributed by atoms with Crippen molar-refractivity contribution in [2.24, 2.45) is 0 Å². The van der Waals surface area contributed by atoms with Crippen LogP contribution in [0.25, 0.3) is 0 Å². The number of amides is 1. The molecule has 19 heavy (non-hydrogen) atoms. The summed E-state index contributed by atoms with van der Waals surface area (Å²) in [6.45, 7) is 3.61.